The zero-order valence-corrected chi connectivity index (χ0v) is 12.0. The molecule has 1 unspecified atom stereocenters. The zero-order chi connectivity index (χ0) is 13.0. The van der Waals surface area contributed by atoms with Crippen molar-refractivity contribution in [3.05, 3.63) is 29.8 Å². The van der Waals surface area contributed by atoms with Gasteiger partial charge in [-0.05, 0) is 49.9 Å². The van der Waals surface area contributed by atoms with E-state index >= 15 is 0 Å². The molecule has 1 fully saturated rings. The maximum Gasteiger partial charge on any atom is 0.0364 e. The summed E-state index contributed by atoms with van der Waals surface area (Å²) in [6, 6.07) is 8.98. The number of anilines is 1. The van der Waals surface area contributed by atoms with Crippen molar-refractivity contribution in [2.75, 3.05) is 25.0 Å². The molecule has 1 heterocycles. The lowest BCUT2D eigenvalue weighted by Gasteiger charge is -2.34. The lowest BCUT2D eigenvalue weighted by molar-refractivity contribution is 0.367. The Morgan fingerprint density at radius 2 is 1.94 bits per heavy atom. The molecule has 2 rings (SSSR count). The average molecular weight is 246 g/mol. The third-order valence-corrected chi connectivity index (χ3v) is 4.33. The van der Waals surface area contributed by atoms with Gasteiger partial charge in [-0.3, -0.25) is 0 Å². The minimum Gasteiger partial charge on any atom is -0.373 e. The first-order chi connectivity index (χ1) is 8.69. The molecule has 2 nitrogen and oxygen atoms in total. The number of benzene rings is 1. The van der Waals surface area contributed by atoms with Crippen LogP contribution in [0.4, 0.5) is 5.69 Å². The first-order valence-electron chi connectivity index (χ1n) is 7.24. The van der Waals surface area contributed by atoms with E-state index in [2.05, 4.69) is 55.4 Å². The van der Waals surface area contributed by atoms with Crippen LogP contribution in [0.1, 0.15) is 38.7 Å². The summed E-state index contributed by atoms with van der Waals surface area (Å²) in [6.07, 6.45) is 4.95. The van der Waals surface area contributed by atoms with E-state index in [1.54, 1.807) is 0 Å². The second-order valence-electron chi connectivity index (χ2n) is 5.54. The summed E-state index contributed by atoms with van der Waals surface area (Å²) in [5.74, 6) is 0. The molecule has 1 aromatic rings. The molecule has 0 saturated carbocycles. The van der Waals surface area contributed by atoms with Gasteiger partial charge >= 0.3 is 0 Å². The van der Waals surface area contributed by atoms with E-state index in [0.29, 0.717) is 5.54 Å². The minimum absolute atomic E-state index is 0.332. The predicted octanol–water partition coefficient (Wildman–Crippen LogP) is 3.22. The first kappa shape index (κ1) is 13.4. The summed E-state index contributed by atoms with van der Waals surface area (Å²) in [7, 11) is 2.21. The highest BCUT2D eigenvalue weighted by atomic mass is 15.2. The van der Waals surface area contributed by atoms with Crippen LogP contribution in [0.15, 0.2) is 24.3 Å². The second kappa shape index (κ2) is 5.75. The lowest BCUT2D eigenvalue weighted by atomic mass is 9.93. The predicted molar refractivity (Wildman–Crippen MR) is 79.3 cm³/mol. The number of nitrogens with one attached hydrogen (secondary N) is 1. The summed E-state index contributed by atoms with van der Waals surface area (Å²) < 4.78 is 0. The van der Waals surface area contributed by atoms with Crippen LogP contribution in [-0.2, 0) is 6.42 Å². The summed E-state index contributed by atoms with van der Waals surface area (Å²) >= 11 is 0. The van der Waals surface area contributed by atoms with E-state index in [-0.39, 0.29) is 0 Å². The van der Waals surface area contributed by atoms with Crippen LogP contribution in [0, 0.1) is 0 Å². The van der Waals surface area contributed by atoms with Crippen molar-refractivity contribution < 1.29 is 0 Å². The number of hydrogen-bond acceptors (Lipinski definition) is 2. The minimum atomic E-state index is 0.332. The van der Waals surface area contributed by atoms with Gasteiger partial charge < -0.3 is 10.2 Å². The molecule has 0 spiro atoms. The van der Waals surface area contributed by atoms with Crippen molar-refractivity contribution in [3.63, 3.8) is 0 Å². The molecule has 1 aliphatic heterocycles. The normalized spacial score (nSPS) is 23.3. The van der Waals surface area contributed by atoms with Gasteiger partial charge in [0.15, 0.2) is 0 Å². The number of nitrogens with zero attached hydrogens (tertiary/aromatic N) is 1. The quantitative estimate of drug-likeness (QED) is 0.858. The Kier molecular flexibility index (Phi) is 4.28. The largest absolute Gasteiger partial charge is 0.373 e. The van der Waals surface area contributed by atoms with Crippen molar-refractivity contribution in [2.24, 2.45) is 0 Å². The standard InChI is InChI=1S/C16H26N2/c1-4-14-7-9-15(10-8-14)18(3)13-16(5-2)11-6-12-17-16/h7-10,17H,4-6,11-13H2,1-3H3. The summed E-state index contributed by atoms with van der Waals surface area (Å²) in [5, 5.41) is 3.70. The van der Waals surface area contributed by atoms with Gasteiger partial charge in [-0.25, -0.2) is 0 Å². The summed E-state index contributed by atoms with van der Waals surface area (Å²) in [6.45, 7) is 6.78. The fraction of sp³-hybridized carbons (Fsp3) is 0.625. The van der Waals surface area contributed by atoms with Gasteiger partial charge in [0, 0.05) is 24.8 Å². The fourth-order valence-corrected chi connectivity index (χ4v) is 2.95. The Labute approximate surface area is 111 Å². The topological polar surface area (TPSA) is 15.3 Å². The smallest absolute Gasteiger partial charge is 0.0364 e. The number of rotatable bonds is 5. The van der Waals surface area contributed by atoms with Gasteiger partial charge in [0.05, 0.1) is 0 Å². The van der Waals surface area contributed by atoms with Gasteiger partial charge in [0.25, 0.3) is 0 Å². The first-order valence-corrected chi connectivity index (χ1v) is 7.24. The monoisotopic (exact) mass is 246 g/mol. The van der Waals surface area contributed by atoms with Crippen LogP contribution in [0.2, 0.25) is 0 Å². The molecule has 1 atom stereocenters. The summed E-state index contributed by atoms with van der Waals surface area (Å²) in [5.41, 5.74) is 3.07. The third kappa shape index (κ3) is 2.86. The van der Waals surface area contributed by atoms with Crippen LogP contribution >= 0.6 is 0 Å². The highest BCUT2D eigenvalue weighted by molar-refractivity contribution is 5.47. The highest BCUT2D eigenvalue weighted by Crippen LogP contribution is 2.26. The molecule has 1 aromatic carbocycles. The van der Waals surface area contributed by atoms with E-state index in [1.807, 2.05) is 0 Å². The maximum atomic E-state index is 3.70. The lowest BCUT2D eigenvalue weighted by Crippen LogP contribution is -2.48. The number of likely N-dealkylation sites (N-methyl/N-ethyl adjacent to an activating group) is 1. The van der Waals surface area contributed by atoms with Gasteiger partial charge in [-0.1, -0.05) is 26.0 Å². The van der Waals surface area contributed by atoms with Crippen molar-refractivity contribution in [2.45, 2.75) is 45.1 Å². The van der Waals surface area contributed by atoms with Crippen molar-refractivity contribution >= 4 is 5.69 Å². The number of hydrogen-bond donors (Lipinski definition) is 1. The van der Waals surface area contributed by atoms with Crippen LogP contribution in [0.5, 0.6) is 0 Å². The SMILES string of the molecule is CCc1ccc(N(C)CC2(CC)CCCN2)cc1. The van der Waals surface area contributed by atoms with Crippen molar-refractivity contribution in [1.82, 2.24) is 5.32 Å². The Hall–Kier alpha value is -1.02. The van der Waals surface area contributed by atoms with E-state index in [1.165, 1.54) is 37.1 Å². The van der Waals surface area contributed by atoms with E-state index in [4.69, 9.17) is 0 Å². The zero-order valence-electron chi connectivity index (χ0n) is 12.0. The average Bonchev–Trinajstić information content (AvgIpc) is 2.88. The molecule has 2 heteroatoms. The van der Waals surface area contributed by atoms with E-state index in [9.17, 15) is 0 Å². The molecular weight excluding hydrogens is 220 g/mol. The maximum absolute atomic E-state index is 3.70. The van der Waals surface area contributed by atoms with Crippen LogP contribution in [0.3, 0.4) is 0 Å². The Morgan fingerprint density at radius 1 is 1.22 bits per heavy atom. The molecule has 100 valence electrons. The van der Waals surface area contributed by atoms with Gasteiger partial charge in [-0.2, -0.15) is 0 Å². The Balaban J connectivity index is 2.03. The molecule has 1 aliphatic rings. The van der Waals surface area contributed by atoms with Gasteiger partial charge in [0.2, 0.25) is 0 Å². The molecule has 1 saturated heterocycles. The fourth-order valence-electron chi connectivity index (χ4n) is 2.95. The van der Waals surface area contributed by atoms with Crippen molar-refractivity contribution in [3.8, 4) is 0 Å². The molecule has 0 aliphatic carbocycles. The molecule has 0 bridgehead atoms. The molecule has 18 heavy (non-hydrogen) atoms. The van der Waals surface area contributed by atoms with Crippen LogP contribution in [0.25, 0.3) is 0 Å². The van der Waals surface area contributed by atoms with Crippen LogP contribution < -0.4 is 10.2 Å². The molecular formula is C16H26N2. The van der Waals surface area contributed by atoms with E-state index < -0.39 is 0 Å². The Morgan fingerprint density at radius 3 is 2.44 bits per heavy atom. The Bertz CT molecular complexity index is 363. The molecule has 0 radical (unpaired) electrons. The third-order valence-electron chi connectivity index (χ3n) is 4.33. The molecule has 1 N–H and O–H groups in total. The van der Waals surface area contributed by atoms with Crippen LogP contribution in [-0.4, -0.2) is 25.7 Å². The van der Waals surface area contributed by atoms with Gasteiger partial charge in [-0.15, -0.1) is 0 Å². The molecule has 0 amide bonds. The van der Waals surface area contributed by atoms with Crippen molar-refractivity contribution in [1.29, 1.82) is 0 Å². The van der Waals surface area contributed by atoms with Gasteiger partial charge in [0.1, 0.15) is 0 Å². The molecule has 0 aromatic heterocycles. The second-order valence-corrected chi connectivity index (χ2v) is 5.54. The summed E-state index contributed by atoms with van der Waals surface area (Å²) in [4.78, 5) is 2.39. The van der Waals surface area contributed by atoms with E-state index in [0.717, 1.165) is 13.0 Å². The number of aryl methyl sites for hydroxylation is 1. The highest BCUT2D eigenvalue weighted by Gasteiger charge is 2.32.